The third kappa shape index (κ3) is 2.01. The van der Waals surface area contributed by atoms with E-state index in [0.717, 1.165) is 10.9 Å². The maximum Gasteiger partial charge on any atom is 0.275 e. The Labute approximate surface area is 114 Å². The summed E-state index contributed by atoms with van der Waals surface area (Å²) in [4.78, 5) is 25.4. The fourth-order valence-corrected chi connectivity index (χ4v) is 2.34. The Hall–Kier alpha value is -2.41. The molecule has 3 rings (SSSR count). The Bertz CT molecular complexity index is 666. The van der Waals surface area contributed by atoms with E-state index in [-0.39, 0.29) is 12.5 Å². The average molecular weight is 274 g/mol. The van der Waals surface area contributed by atoms with Crippen LogP contribution in [0.4, 0.5) is 0 Å². The van der Waals surface area contributed by atoms with E-state index < -0.39 is 11.9 Å². The van der Waals surface area contributed by atoms with Crippen LogP contribution >= 0.6 is 0 Å². The quantitative estimate of drug-likeness (QED) is 0.797. The number of carbonyl (C=O) groups is 2. The van der Waals surface area contributed by atoms with E-state index >= 15 is 0 Å². The molecule has 1 aliphatic heterocycles. The zero-order valence-corrected chi connectivity index (χ0v) is 10.7. The number of rotatable bonds is 2. The number of aromatic nitrogens is 2. The maximum atomic E-state index is 12.6. The number of hydrogen-bond acceptors (Lipinski definition) is 4. The number of nitrogens with zero attached hydrogens (tertiary/aromatic N) is 2. The van der Waals surface area contributed by atoms with Crippen LogP contribution in [0.3, 0.4) is 0 Å². The third-order valence-corrected chi connectivity index (χ3v) is 3.39. The molecule has 2 amide bonds. The van der Waals surface area contributed by atoms with Gasteiger partial charge in [-0.25, -0.2) is 0 Å². The second-order valence-electron chi connectivity index (χ2n) is 4.61. The molecule has 0 saturated carbocycles. The molecule has 1 aliphatic rings. The highest BCUT2D eigenvalue weighted by Crippen LogP contribution is 2.19. The van der Waals surface area contributed by atoms with Gasteiger partial charge in [0, 0.05) is 11.9 Å². The molecule has 1 aromatic heterocycles. The van der Waals surface area contributed by atoms with Crippen molar-refractivity contribution in [3.8, 4) is 0 Å². The van der Waals surface area contributed by atoms with Crippen molar-refractivity contribution in [1.82, 2.24) is 15.1 Å². The lowest BCUT2D eigenvalue weighted by molar-refractivity contribution is -0.127. The Morgan fingerprint density at radius 1 is 1.40 bits per heavy atom. The van der Waals surface area contributed by atoms with Crippen LogP contribution in [0, 0.1) is 0 Å². The van der Waals surface area contributed by atoms with Gasteiger partial charge in [0.25, 0.3) is 5.91 Å². The van der Waals surface area contributed by atoms with E-state index in [1.54, 1.807) is 0 Å². The molecule has 1 saturated heterocycles. The summed E-state index contributed by atoms with van der Waals surface area (Å²) < 4.78 is 5.21. The van der Waals surface area contributed by atoms with Crippen LogP contribution in [0.1, 0.15) is 10.5 Å². The van der Waals surface area contributed by atoms with E-state index in [2.05, 4.69) is 10.2 Å². The van der Waals surface area contributed by atoms with Crippen LogP contribution in [0.5, 0.6) is 0 Å². The Morgan fingerprint density at radius 3 is 3.00 bits per heavy atom. The van der Waals surface area contributed by atoms with E-state index in [1.165, 1.54) is 4.90 Å². The first-order valence-electron chi connectivity index (χ1n) is 6.29. The van der Waals surface area contributed by atoms with Gasteiger partial charge in [0.15, 0.2) is 5.69 Å². The average Bonchev–Trinajstić information content (AvgIpc) is 2.90. The van der Waals surface area contributed by atoms with Gasteiger partial charge in [-0.3, -0.25) is 14.7 Å². The molecular formula is C13H14N4O3. The Morgan fingerprint density at radius 2 is 2.20 bits per heavy atom. The lowest BCUT2D eigenvalue weighted by atomic mass is 10.1. The Balaban J connectivity index is 1.96. The highest BCUT2D eigenvalue weighted by molar-refractivity contribution is 6.06. The number of nitrogens with one attached hydrogen (secondary N) is 1. The number of fused-ring (bicyclic) bond motifs is 1. The molecule has 20 heavy (non-hydrogen) atoms. The number of para-hydroxylation sites is 1. The second kappa shape index (κ2) is 4.93. The van der Waals surface area contributed by atoms with Crippen molar-refractivity contribution in [1.29, 1.82) is 0 Å². The smallest absolute Gasteiger partial charge is 0.275 e. The normalized spacial score (nSPS) is 19.2. The molecule has 2 aromatic rings. The zero-order chi connectivity index (χ0) is 14.1. The van der Waals surface area contributed by atoms with Crippen LogP contribution < -0.4 is 5.73 Å². The summed E-state index contributed by atoms with van der Waals surface area (Å²) in [5.41, 5.74) is 6.40. The molecule has 104 valence electrons. The van der Waals surface area contributed by atoms with E-state index in [4.69, 9.17) is 10.5 Å². The largest absolute Gasteiger partial charge is 0.377 e. The lowest BCUT2D eigenvalue weighted by Gasteiger charge is -2.33. The molecule has 3 N–H and O–H groups in total. The van der Waals surface area contributed by atoms with Crippen molar-refractivity contribution in [3.05, 3.63) is 30.0 Å². The fraction of sp³-hybridized carbons (Fsp3) is 0.308. The zero-order valence-electron chi connectivity index (χ0n) is 10.7. The number of hydrogen-bond donors (Lipinski definition) is 2. The van der Waals surface area contributed by atoms with Crippen molar-refractivity contribution in [2.45, 2.75) is 6.04 Å². The number of H-pyrrole nitrogens is 1. The molecule has 0 radical (unpaired) electrons. The summed E-state index contributed by atoms with van der Waals surface area (Å²) in [7, 11) is 0. The number of aromatic amines is 1. The number of carbonyl (C=O) groups excluding carboxylic acids is 2. The van der Waals surface area contributed by atoms with Crippen LogP contribution in [-0.2, 0) is 9.53 Å². The molecule has 7 nitrogen and oxygen atoms in total. The highest BCUT2D eigenvalue weighted by Gasteiger charge is 2.33. The molecule has 1 atom stereocenters. The van der Waals surface area contributed by atoms with Gasteiger partial charge < -0.3 is 15.4 Å². The van der Waals surface area contributed by atoms with Crippen molar-refractivity contribution in [2.24, 2.45) is 5.73 Å². The molecule has 0 bridgehead atoms. The van der Waals surface area contributed by atoms with Crippen molar-refractivity contribution in [3.63, 3.8) is 0 Å². The number of benzene rings is 1. The lowest BCUT2D eigenvalue weighted by Crippen LogP contribution is -2.54. The van der Waals surface area contributed by atoms with E-state index in [1.807, 2.05) is 24.3 Å². The number of amides is 2. The van der Waals surface area contributed by atoms with Crippen molar-refractivity contribution < 1.29 is 14.3 Å². The van der Waals surface area contributed by atoms with Gasteiger partial charge in [-0.2, -0.15) is 5.10 Å². The van der Waals surface area contributed by atoms with Gasteiger partial charge in [0.2, 0.25) is 5.91 Å². The predicted octanol–water partition coefficient (Wildman–Crippen LogP) is -0.111. The summed E-state index contributed by atoms with van der Waals surface area (Å²) >= 11 is 0. The minimum atomic E-state index is -0.744. The number of nitrogens with two attached hydrogens (primary N) is 1. The first-order valence-corrected chi connectivity index (χ1v) is 6.29. The number of primary amides is 1. The number of morpholine rings is 1. The summed E-state index contributed by atoms with van der Waals surface area (Å²) in [5, 5.41) is 7.59. The molecular weight excluding hydrogens is 260 g/mol. The van der Waals surface area contributed by atoms with Gasteiger partial charge in [-0.05, 0) is 6.07 Å². The molecule has 0 aliphatic carbocycles. The summed E-state index contributed by atoms with van der Waals surface area (Å²) in [5.74, 6) is -0.882. The summed E-state index contributed by atoms with van der Waals surface area (Å²) in [6, 6.07) is 6.59. The van der Waals surface area contributed by atoms with Crippen LogP contribution in [0.15, 0.2) is 24.3 Å². The molecule has 1 fully saturated rings. The van der Waals surface area contributed by atoms with E-state index in [0.29, 0.717) is 18.8 Å². The van der Waals surface area contributed by atoms with Gasteiger partial charge in [-0.15, -0.1) is 0 Å². The van der Waals surface area contributed by atoms with Gasteiger partial charge >= 0.3 is 0 Å². The molecule has 1 unspecified atom stereocenters. The predicted molar refractivity (Wildman–Crippen MR) is 70.9 cm³/mol. The molecule has 1 aromatic carbocycles. The SMILES string of the molecule is NC(=O)C1COCCN1C(=O)c1n[nH]c2ccccc12. The van der Waals surface area contributed by atoms with Crippen LogP contribution in [-0.4, -0.2) is 52.7 Å². The first kappa shape index (κ1) is 12.6. The van der Waals surface area contributed by atoms with Crippen molar-refractivity contribution >= 4 is 22.7 Å². The van der Waals surface area contributed by atoms with Crippen molar-refractivity contribution in [2.75, 3.05) is 19.8 Å². The molecule has 7 heteroatoms. The van der Waals surface area contributed by atoms with Gasteiger partial charge in [0.05, 0.1) is 18.7 Å². The standard InChI is InChI=1S/C13H14N4O3/c14-12(18)10-7-20-6-5-17(10)13(19)11-8-3-1-2-4-9(8)15-16-11/h1-4,10H,5-7H2,(H2,14,18)(H,15,16). The molecule has 0 spiro atoms. The minimum Gasteiger partial charge on any atom is -0.377 e. The molecule has 2 heterocycles. The topological polar surface area (TPSA) is 101 Å². The summed E-state index contributed by atoms with van der Waals surface area (Å²) in [6.07, 6.45) is 0. The minimum absolute atomic E-state index is 0.128. The van der Waals surface area contributed by atoms with Crippen LogP contribution in [0.25, 0.3) is 10.9 Å². The van der Waals surface area contributed by atoms with Gasteiger partial charge in [-0.1, -0.05) is 18.2 Å². The Kier molecular flexibility index (Phi) is 3.11. The van der Waals surface area contributed by atoms with Gasteiger partial charge in [0.1, 0.15) is 6.04 Å². The monoisotopic (exact) mass is 274 g/mol. The van der Waals surface area contributed by atoms with Crippen LogP contribution in [0.2, 0.25) is 0 Å². The second-order valence-corrected chi connectivity index (χ2v) is 4.61. The maximum absolute atomic E-state index is 12.6. The highest BCUT2D eigenvalue weighted by atomic mass is 16.5. The first-order chi connectivity index (χ1) is 9.68. The number of ether oxygens (including phenoxy) is 1. The fourth-order valence-electron chi connectivity index (χ4n) is 2.34. The van der Waals surface area contributed by atoms with E-state index in [9.17, 15) is 9.59 Å². The summed E-state index contributed by atoms with van der Waals surface area (Å²) in [6.45, 7) is 0.842. The third-order valence-electron chi connectivity index (χ3n) is 3.39.